The molecular weight excluding hydrogens is 318 g/mol. The highest BCUT2D eigenvalue weighted by Gasteiger charge is 2.22. The molecule has 0 radical (unpaired) electrons. The normalized spacial score (nSPS) is 15.0. The van der Waals surface area contributed by atoms with E-state index >= 15 is 0 Å². The topological polar surface area (TPSA) is 70.6 Å². The van der Waals surface area contributed by atoms with Crippen molar-refractivity contribution in [2.45, 2.75) is 6.92 Å². The Kier molecular flexibility index (Phi) is 5.45. The molecule has 2 aromatic rings. The van der Waals surface area contributed by atoms with Gasteiger partial charge in [0.25, 0.3) is 5.91 Å². The highest BCUT2D eigenvalue weighted by Crippen LogP contribution is 2.19. The van der Waals surface area contributed by atoms with Crippen LogP contribution in [-0.4, -0.2) is 65.5 Å². The highest BCUT2D eigenvalue weighted by atomic mass is 16.5. The summed E-state index contributed by atoms with van der Waals surface area (Å²) in [5.41, 5.74) is 1.28. The van der Waals surface area contributed by atoms with Gasteiger partial charge >= 0.3 is 0 Å². The van der Waals surface area contributed by atoms with Crippen molar-refractivity contribution in [1.82, 2.24) is 19.8 Å². The number of amides is 1. The van der Waals surface area contributed by atoms with Gasteiger partial charge in [-0.25, -0.2) is 9.97 Å². The number of carbonyl (C=O) groups excluding carboxylic acids is 1. The Morgan fingerprint density at radius 3 is 2.52 bits per heavy atom. The van der Waals surface area contributed by atoms with Crippen LogP contribution >= 0.6 is 0 Å². The summed E-state index contributed by atoms with van der Waals surface area (Å²) in [5.74, 6) is 1.34. The zero-order valence-electron chi connectivity index (χ0n) is 14.6. The SMILES string of the molecule is CCN1CCN(C(=O)c2cc(Nc3ccc(OC)cc3)ncn2)CC1. The fourth-order valence-corrected chi connectivity index (χ4v) is 2.79. The third kappa shape index (κ3) is 4.24. The van der Waals surface area contributed by atoms with Gasteiger partial charge in [0.2, 0.25) is 0 Å². The molecule has 1 N–H and O–H groups in total. The number of carbonyl (C=O) groups is 1. The summed E-state index contributed by atoms with van der Waals surface area (Å²) < 4.78 is 5.15. The van der Waals surface area contributed by atoms with Gasteiger partial charge in [0.15, 0.2) is 0 Å². The maximum Gasteiger partial charge on any atom is 0.272 e. The van der Waals surface area contributed by atoms with Gasteiger partial charge in [-0.15, -0.1) is 0 Å². The van der Waals surface area contributed by atoms with Gasteiger partial charge in [0.05, 0.1) is 7.11 Å². The first-order valence-electron chi connectivity index (χ1n) is 8.44. The van der Waals surface area contributed by atoms with E-state index in [9.17, 15) is 4.79 Å². The van der Waals surface area contributed by atoms with Crippen LogP contribution in [0.1, 0.15) is 17.4 Å². The summed E-state index contributed by atoms with van der Waals surface area (Å²) in [7, 11) is 1.63. The molecule has 0 saturated carbocycles. The summed E-state index contributed by atoms with van der Waals surface area (Å²) in [5, 5.41) is 3.18. The molecular formula is C18H23N5O2. The molecule has 0 unspecified atom stereocenters. The lowest BCUT2D eigenvalue weighted by Gasteiger charge is -2.33. The number of likely N-dealkylation sites (N-methyl/N-ethyl adjacent to an activating group) is 1. The minimum Gasteiger partial charge on any atom is -0.497 e. The maximum atomic E-state index is 12.7. The molecule has 1 aliphatic rings. The van der Waals surface area contributed by atoms with Crippen molar-refractivity contribution in [1.29, 1.82) is 0 Å². The van der Waals surface area contributed by atoms with Crippen molar-refractivity contribution in [3.8, 4) is 5.75 Å². The average molecular weight is 341 g/mol. The van der Waals surface area contributed by atoms with Gasteiger partial charge < -0.3 is 19.9 Å². The lowest BCUT2D eigenvalue weighted by atomic mass is 10.2. The zero-order chi connectivity index (χ0) is 17.6. The molecule has 2 heterocycles. The van der Waals surface area contributed by atoms with Crippen LogP contribution in [0.3, 0.4) is 0 Å². The molecule has 1 amide bonds. The van der Waals surface area contributed by atoms with Gasteiger partial charge in [0, 0.05) is 37.9 Å². The molecule has 0 atom stereocenters. The van der Waals surface area contributed by atoms with Gasteiger partial charge in [-0.3, -0.25) is 4.79 Å². The number of methoxy groups -OCH3 is 1. The van der Waals surface area contributed by atoms with Crippen LogP contribution in [0.15, 0.2) is 36.7 Å². The van der Waals surface area contributed by atoms with Crippen LogP contribution in [0.2, 0.25) is 0 Å². The smallest absolute Gasteiger partial charge is 0.272 e. The second kappa shape index (κ2) is 7.94. The Balaban J connectivity index is 1.67. The van der Waals surface area contributed by atoms with E-state index in [-0.39, 0.29) is 5.91 Å². The van der Waals surface area contributed by atoms with Crippen molar-refractivity contribution in [3.63, 3.8) is 0 Å². The maximum absolute atomic E-state index is 12.7. The molecule has 7 nitrogen and oxygen atoms in total. The molecule has 7 heteroatoms. The fraction of sp³-hybridized carbons (Fsp3) is 0.389. The molecule has 0 aliphatic carbocycles. The van der Waals surface area contributed by atoms with Crippen LogP contribution < -0.4 is 10.1 Å². The zero-order valence-corrected chi connectivity index (χ0v) is 14.6. The van der Waals surface area contributed by atoms with Gasteiger partial charge in [-0.1, -0.05) is 6.92 Å². The average Bonchev–Trinajstić information content (AvgIpc) is 2.68. The van der Waals surface area contributed by atoms with Crippen LogP contribution in [0.4, 0.5) is 11.5 Å². The third-order valence-corrected chi connectivity index (χ3v) is 4.36. The second-order valence-electron chi connectivity index (χ2n) is 5.87. The molecule has 1 fully saturated rings. The summed E-state index contributed by atoms with van der Waals surface area (Å²) >= 11 is 0. The van der Waals surface area contributed by atoms with Gasteiger partial charge in [0.1, 0.15) is 23.6 Å². The van der Waals surface area contributed by atoms with E-state index in [2.05, 4.69) is 27.1 Å². The Labute approximate surface area is 147 Å². The molecule has 0 bridgehead atoms. The lowest BCUT2D eigenvalue weighted by Crippen LogP contribution is -2.48. The van der Waals surface area contributed by atoms with E-state index in [1.807, 2.05) is 29.2 Å². The second-order valence-corrected chi connectivity index (χ2v) is 5.87. The number of nitrogens with zero attached hydrogens (tertiary/aromatic N) is 4. The number of nitrogens with one attached hydrogen (secondary N) is 1. The number of hydrogen-bond donors (Lipinski definition) is 1. The molecule has 0 spiro atoms. The standard InChI is InChI=1S/C18H23N5O2/c1-3-22-8-10-23(11-9-22)18(24)16-12-17(20-13-19-16)21-14-4-6-15(25-2)7-5-14/h4-7,12-13H,3,8-11H2,1-2H3,(H,19,20,21). The van der Waals surface area contributed by atoms with Crippen LogP contribution in [0.5, 0.6) is 5.75 Å². The minimum absolute atomic E-state index is 0.0454. The molecule has 1 aromatic carbocycles. The first kappa shape index (κ1) is 17.2. The fourth-order valence-electron chi connectivity index (χ4n) is 2.79. The van der Waals surface area contributed by atoms with Crippen molar-refractivity contribution < 1.29 is 9.53 Å². The molecule has 1 aliphatic heterocycles. The molecule has 25 heavy (non-hydrogen) atoms. The summed E-state index contributed by atoms with van der Waals surface area (Å²) in [6, 6.07) is 9.21. The van der Waals surface area contributed by atoms with E-state index in [1.54, 1.807) is 13.2 Å². The van der Waals surface area contributed by atoms with Crippen LogP contribution in [-0.2, 0) is 0 Å². The van der Waals surface area contributed by atoms with Crippen LogP contribution in [0, 0.1) is 0 Å². The molecule has 1 saturated heterocycles. The van der Waals surface area contributed by atoms with Crippen LogP contribution in [0.25, 0.3) is 0 Å². The van der Waals surface area contributed by atoms with E-state index in [0.717, 1.165) is 44.2 Å². The largest absolute Gasteiger partial charge is 0.497 e. The highest BCUT2D eigenvalue weighted by molar-refractivity contribution is 5.93. The first-order valence-corrected chi connectivity index (χ1v) is 8.44. The lowest BCUT2D eigenvalue weighted by molar-refractivity contribution is 0.0637. The van der Waals surface area contributed by atoms with E-state index in [1.165, 1.54) is 6.33 Å². The van der Waals surface area contributed by atoms with E-state index in [0.29, 0.717) is 11.5 Å². The molecule has 3 rings (SSSR count). The van der Waals surface area contributed by atoms with Crippen molar-refractivity contribution >= 4 is 17.4 Å². The minimum atomic E-state index is -0.0454. The summed E-state index contributed by atoms with van der Waals surface area (Å²) in [6.45, 7) is 6.44. The number of rotatable bonds is 5. The van der Waals surface area contributed by atoms with Crippen molar-refractivity contribution in [2.24, 2.45) is 0 Å². The Bertz CT molecular complexity index is 712. The van der Waals surface area contributed by atoms with Gasteiger partial charge in [-0.05, 0) is 30.8 Å². The Morgan fingerprint density at radius 2 is 1.88 bits per heavy atom. The molecule has 132 valence electrons. The van der Waals surface area contributed by atoms with E-state index in [4.69, 9.17) is 4.74 Å². The van der Waals surface area contributed by atoms with Crippen molar-refractivity contribution in [2.75, 3.05) is 45.2 Å². The number of piperazine rings is 1. The van der Waals surface area contributed by atoms with Gasteiger partial charge in [-0.2, -0.15) is 0 Å². The Morgan fingerprint density at radius 1 is 1.16 bits per heavy atom. The quantitative estimate of drug-likeness (QED) is 0.897. The number of hydrogen-bond acceptors (Lipinski definition) is 6. The Hall–Kier alpha value is -2.67. The number of benzene rings is 1. The third-order valence-electron chi connectivity index (χ3n) is 4.36. The molecule has 1 aromatic heterocycles. The predicted octanol–water partition coefficient (Wildman–Crippen LogP) is 2.01. The first-order chi connectivity index (χ1) is 12.2. The number of anilines is 2. The van der Waals surface area contributed by atoms with E-state index < -0.39 is 0 Å². The summed E-state index contributed by atoms with van der Waals surface area (Å²) in [6.07, 6.45) is 1.42. The predicted molar refractivity (Wildman–Crippen MR) is 96.3 cm³/mol. The monoisotopic (exact) mass is 341 g/mol. The number of aromatic nitrogens is 2. The van der Waals surface area contributed by atoms with Crippen molar-refractivity contribution in [3.05, 3.63) is 42.4 Å². The summed E-state index contributed by atoms with van der Waals surface area (Å²) in [4.78, 5) is 25.2. The number of ether oxygens (including phenoxy) is 1.